The summed E-state index contributed by atoms with van der Waals surface area (Å²) < 4.78 is 5.61. The van der Waals surface area contributed by atoms with E-state index in [4.69, 9.17) is 4.42 Å². The maximum absolute atomic E-state index is 13.2. The van der Waals surface area contributed by atoms with Crippen LogP contribution in [0.4, 0.5) is 5.69 Å². The van der Waals surface area contributed by atoms with E-state index >= 15 is 0 Å². The van der Waals surface area contributed by atoms with Crippen molar-refractivity contribution in [3.8, 4) is 6.19 Å². The minimum atomic E-state index is -0.687. The smallest absolute Gasteiger partial charge is 0.247 e. The first-order valence-corrected chi connectivity index (χ1v) is 12.1. The molecule has 0 bridgehead atoms. The summed E-state index contributed by atoms with van der Waals surface area (Å²) in [7, 11) is 0. The van der Waals surface area contributed by atoms with E-state index in [9.17, 15) is 14.9 Å². The monoisotopic (exact) mass is 486 g/mol. The van der Waals surface area contributed by atoms with Gasteiger partial charge in [-0.15, -0.1) is 0 Å². The van der Waals surface area contributed by atoms with Crippen LogP contribution in [0.3, 0.4) is 0 Å². The predicted molar refractivity (Wildman–Crippen MR) is 138 cm³/mol. The van der Waals surface area contributed by atoms with Crippen LogP contribution in [0.1, 0.15) is 30.6 Å². The van der Waals surface area contributed by atoms with Crippen LogP contribution in [-0.4, -0.2) is 48.3 Å². The number of nitriles is 1. The van der Waals surface area contributed by atoms with Gasteiger partial charge in [-0.3, -0.25) is 14.9 Å². The molecule has 1 fully saturated rings. The second-order valence-corrected chi connectivity index (χ2v) is 8.81. The second kappa shape index (κ2) is 11.9. The third-order valence-corrected chi connectivity index (χ3v) is 6.03. The lowest BCUT2D eigenvalue weighted by molar-refractivity contribution is -0.136. The molecular formula is C27H30N6O3. The van der Waals surface area contributed by atoms with Crippen molar-refractivity contribution >= 4 is 34.4 Å². The highest BCUT2D eigenvalue weighted by atomic mass is 16.3. The number of carbonyl (C=O) groups is 2. The lowest BCUT2D eigenvalue weighted by Gasteiger charge is -2.22. The fourth-order valence-corrected chi connectivity index (χ4v) is 4.28. The minimum Gasteiger partial charge on any atom is -0.461 e. The van der Waals surface area contributed by atoms with Crippen molar-refractivity contribution in [2.75, 3.05) is 25.0 Å². The number of hydrogen-bond acceptors (Lipinski definition) is 5. The maximum Gasteiger partial charge on any atom is 0.247 e. The molecule has 2 amide bonds. The summed E-state index contributed by atoms with van der Waals surface area (Å²) in [6.07, 6.45) is 4.74. The molecule has 3 aromatic rings. The molecule has 1 aliphatic heterocycles. The number of aryl methyl sites for hydroxylation is 1. The highest BCUT2D eigenvalue weighted by Gasteiger charge is 2.28. The number of guanidine groups is 1. The first-order chi connectivity index (χ1) is 17.5. The average Bonchev–Trinajstić information content (AvgIpc) is 3.16. The molecule has 9 nitrogen and oxygen atoms in total. The van der Waals surface area contributed by atoms with Gasteiger partial charge in [0.25, 0.3) is 0 Å². The van der Waals surface area contributed by atoms with Crippen LogP contribution in [0.25, 0.3) is 11.0 Å². The van der Waals surface area contributed by atoms with Gasteiger partial charge in [0.1, 0.15) is 17.4 Å². The zero-order valence-electron chi connectivity index (χ0n) is 20.3. The summed E-state index contributed by atoms with van der Waals surface area (Å²) in [5.41, 5.74) is 2.62. The van der Waals surface area contributed by atoms with Gasteiger partial charge in [0.2, 0.25) is 17.8 Å². The Morgan fingerprint density at radius 3 is 2.83 bits per heavy atom. The van der Waals surface area contributed by atoms with Gasteiger partial charge in [-0.2, -0.15) is 5.26 Å². The Labute approximate surface area is 210 Å². The van der Waals surface area contributed by atoms with Gasteiger partial charge in [0.05, 0.1) is 6.54 Å². The van der Waals surface area contributed by atoms with Gasteiger partial charge >= 0.3 is 0 Å². The van der Waals surface area contributed by atoms with Crippen LogP contribution in [-0.2, 0) is 16.0 Å². The van der Waals surface area contributed by atoms with E-state index in [1.165, 1.54) is 0 Å². The molecule has 1 aliphatic rings. The molecule has 0 spiro atoms. The van der Waals surface area contributed by atoms with E-state index in [-0.39, 0.29) is 24.3 Å². The number of aliphatic imine (C=N–C) groups is 1. The molecular weight excluding hydrogens is 456 g/mol. The van der Waals surface area contributed by atoms with Crippen LogP contribution in [0.5, 0.6) is 0 Å². The van der Waals surface area contributed by atoms with Gasteiger partial charge in [-0.1, -0.05) is 30.3 Å². The third kappa shape index (κ3) is 6.63. The van der Waals surface area contributed by atoms with Crippen molar-refractivity contribution in [1.82, 2.24) is 15.5 Å². The number of rotatable bonds is 7. The fourth-order valence-electron chi connectivity index (χ4n) is 4.28. The number of carbonyl (C=O) groups excluding carboxylic acids is 2. The number of likely N-dealkylation sites (tertiary alicyclic amines) is 1. The molecule has 2 aromatic carbocycles. The van der Waals surface area contributed by atoms with Crippen molar-refractivity contribution in [2.45, 2.75) is 38.6 Å². The lowest BCUT2D eigenvalue weighted by Crippen LogP contribution is -2.44. The number of nitrogens with zero attached hydrogens (tertiary/aromatic N) is 3. The largest absolute Gasteiger partial charge is 0.461 e. The number of fused-ring (bicyclic) bond motifs is 1. The molecule has 1 atom stereocenters. The number of anilines is 1. The van der Waals surface area contributed by atoms with Gasteiger partial charge in [0.15, 0.2) is 6.19 Å². The number of benzene rings is 2. The SMILES string of the molecule is Cc1cc2cc(NC(=N[C@H]3CCCCN(CC(=O)NCCc4ccccc4)C3=O)NC#N)ccc2o1. The van der Waals surface area contributed by atoms with E-state index in [0.29, 0.717) is 25.2 Å². The molecule has 9 heteroatoms. The quantitative estimate of drug-likeness (QED) is 0.204. The second-order valence-electron chi connectivity index (χ2n) is 8.81. The van der Waals surface area contributed by atoms with Gasteiger partial charge in [0, 0.05) is 24.2 Å². The highest BCUT2D eigenvalue weighted by molar-refractivity contribution is 5.98. The molecule has 1 saturated heterocycles. The van der Waals surface area contributed by atoms with Crippen molar-refractivity contribution in [2.24, 2.45) is 4.99 Å². The van der Waals surface area contributed by atoms with Crippen molar-refractivity contribution in [1.29, 1.82) is 5.26 Å². The van der Waals surface area contributed by atoms with Crippen molar-refractivity contribution in [3.05, 3.63) is 65.9 Å². The zero-order valence-corrected chi connectivity index (χ0v) is 20.3. The maximum atomic E-state index is 13.2. The number of amides is 2. The zero-order chi connectivity index (χ0) is 25.3. The highest BCUT2D eigenvalue weighted by Crippen LogP contribution is 2.23. The van der Waals surface area contributed by atoms with E-state index in [0.717, 1.165) is 41.6 Å². The standard InChI is InChI=1S/C27H30N6O3/c1-19-15-21-16-22(10-11-24(21)36-19)31-27(30-18-28)32-23-9-5-6-14-33(26(23)35)17-25(34)29-13-12-20-7-3-2-4-8-20/h2-4,7-8,10-11,15-16,23H,5-6,9,12-14,17H2,1H3,(H,29,34)(H2,30,31,32)/t23-/m0/s1. The summed E-state index contributed by atoms with van der Waals surface area (Å²) in [4.78, 5) is 31.8. The molecule has 0 aliphatic carbocycles. The molecule has 4 rings (SSSR count). The van der Waals surface area contributed by atoms with E-state index < -0.39 is 6.04 Å². The number of nitrogens with one attached hydrogen (secondary N) is 3. The van der Waals surface area contributed by atoms with Gasteiger partial charge < -0.3 is 20.0 Å². The summed E-state index contributed by atoms with van der Waals surface area (Å²) in [5, 5.41) is 18.7. The summed E-state index contributed by atoms with van der Waals surface area (Å²) >= 11 is 0. The number of hydrogen-bond donors (Lipinski definition) is 3. The fraction of sp³-hybridized carbons (Fsp3) is 0.333. The molecule has 0 unspecified atom stereocenters. The molecule has 2 heterocycles. The van der Waals surface area contributed by atoms with E-state index in [2.05, 4.69) is 20.9 Å². The first kappa shape index (κ1) is 24.8. The van der Waals surface area contributed by atoms with Crippen molar-refractivity contribution in [3.63, 3.8) is 0 Å². The molecule has 0 saturated carbocycles. The normalized spacial score (nSPS) is 16.3. The van der Waals surface area contributed by atoms with Gasteiger partial charge in [-0.25, -0.2) is 4.99 Å². The Hall–Kier alpha value is -4.32. The Bertz CT molecular complexity index is 1280. The summed E-state index contributed by atoms with van der Waals surface area (Å²) in [6.45, 7) is 2.88. The van der Waals surface area contributed by atoms with Crippen LogP contribution in [0, 0.1) is 18.4 Å². The predicted octanol–water partition coefficient (Wildman–Crippen LogP) is 3.32. The van der Waals surface area contributed by atoms with Crippen LogP contribution >= 0.6 is 0 Å². The molecule has 0 radical (unpaired) electrons. The minimum absolute atomic E-state index is 0.00933. The summed E-state index contributed by atoms with van der Waals surface area (Å²) in [5.74, 6) is 0.579. The Balaban J connectivity index is 1.39. The van der Waals surface area contributed by atoms with Crippen molar-refractivity contribution < 1.29 is 14.0 Å². The van der Waals surface area contributed by atoms with Crippen LogP contribution in [0.15, 0.2) is 64.0 Å². The Morgan fingerprint density at radius 2 is 2.03 bits per heavy atom. The molecule has 3 N–H and O–H groups in total. The van der Waals surface area contributed by atoms with Crippen LogP contribution in [0.2, 0.25) is 0 Å². The third-order valence-electron chi connectivity index (χ3n) is 6.03. The van der Waals surface area contributed by atoms with Crippen LogP contribution < -0.4 is 16.0 Å². The van der Waals surface area contributed by atoms with Gasteiger partial charge in [-0.05, 0) is 62.4 Å². The van der Waals surface area contributed by atoms with E-state index in [1.807, 2.05) is 67.7 Å². The number of furan rings is 1. The Morgan fingerprint density at radius 1 is 1.19 bits per heavy atom. The molecule has 36 heavy (non-hydrogen) atoms. The lowest BCUT2D eigenvalue weighted by atomic mass is 10.1. The first-order valence-electron chi connectivity index (χ1n) is 12.1. The average molecular weight is 487 g/mol. The molecule has 1 aromatic heterocycles. The topological polar surface area (TPSA) is 123 Å². The van der Waals surface area contributed by atoms with E-state index in [1.54, 1.807) is 4.90 Å². The molecule has 186 valence electrons. The summed E-state index contributed by atoms with van der Waals surface area (Å²) in [6, 6.07) is 16.7. The Kier molecular flexibility index (Phi) is 8.19.